The second-order valence-corrected chi connectivity index (χ2v) is 6.29. The van der Waals surface area contributed by atoms with Gasteiger partial charge in [-0.15, -0.1) is 0 Å². The predicted molar refractivity (Wildman–Crippen MR) is 96.7 cm³/mol. The first-order valence-corrected chi connectivity index (χ1v) is 8.14. The SMILES string of the molecule is O=C(O)c1ccc2nc(-c3cccc4c3Cc3ccccc3-4)[nH]c2c1. The van der Waals surface area contributed by atoms with Crippen LogP contribution >= 0.6 is 0 Å². The molecule has 4 heteroatoms. The van der Waals surface area contributed by atoms with Crippen LogP contribution in [0.5, 0.6) is 0 Å². The Kier molecular flexibility index (Phi) is 2.82. The Morgan fingerprint density at radius 2 is 1.76 bits per heavy atom. The van der Waals surface area contributed by atoms with Crippen molar-refractivity contribution >= 4 is 17.0 Å². The van der Waals surface area contributed by atoms with Crippen molar-refractivity contribution in [1.29, 1.82) is 0 Å². The first-order valence-electron chi connectivity index (χ1n) is 8.14. The summed E-state index contributed by atoms with van der Waals surface area (Å²) in [6.07, 6.45) is 0.888. The maximum atomic E-state index is 11.2. The molecule has 0 unspecified atom stereocenters. The van der Waals surface area contributed by atoms with Crippen LogP contribution in [0.15, 0.2) is 60.7 Å². The van der Waals surface area contributed by atoms with Gasteiger partial charge < -0.3 is 10.1 Å². The van der Waals surface area contributed by atoms with Crippen molar-refractivity contribution in [1.82, 2.24) is 9.97 Å². The maximum Gasteiger partial charge on any atom is 0.335 e. The van der Waals surface area contributed by atoms with E-state index < -0.39 is 5.97 Å². The number of carboxylic acid groups (broad SMARTS) is 1. The van der Waals surface area contributed by atoms with E-state index in [0.717, 1.165) is 28.8 Å². The molecule has 0 bridgehead atoms. The van der Waals surface area contributed by atoms with Crippen LogP contribution in [0.2, 0.25) is 0 Å². The first-order chi connectivity index (χ1) is 12.2. The number of hydrogen-bond acceptors (Lipinski definition) is 2. The number of aromatic nitrogens is 2. The lowest BCUT2D eigenvalue weighted by Gasteiger charge is -2.05. The van der Waals surface area contributed by atoms with Crippen molar-refractivity contribution in [3.63, 3.8) is 0 Å². The summed E-state index contributed by atoms with van der Waals surface area (Å²) in [5.74, 6) is -0.156. The number of nitrogens with one attached hydrogen (secondary N) is 1. The van der Waals surface area contributed by atoms with E-state index in [1.54, 1.807) is 18.2 Å². The zero-order chi connectivity index (χ0) is 17.0. The Bertz CT molecular complexity index is 1160. The molecule has 0 saturated carbocycles. The van der Waals surface area contributed by atoms with Gasteiger partial charge in [0.15, 0.2) is 0 Å². The summed E-state index contributed by atoms with van der Waals surface area (Å²) < 4.78 is 0. The maximum absolute atomic E-state index is 11.2. The molecule has 4 nitrogen and oxygen atoms in total. The highest BCUT2D eigenvalue weighted by Crippen LogP contribution is 2.41. The van der Waals surface area contributed by atoms with Gasteiger partial charge in [-0.05, 0) is 46.9 Å². The third-order valence-electron chi connectivity index (χ3n) is 4.83. The topological polar surface area (TPSA) is 66.0 Å². The molecule has 3 aromatic carbocycles. The zero-order valence-corrected chi connectivity index (χ0v) is 13.3. The second-order valence-electron chi connectivity index (χ2n) is 6.29. The van der Waals surface area contributed by atoms with Crippen LogP contribution in [0.1, 0.15) is 21.5 Å². The van der Waals surface area contributed by atoms with Crippen molar-refractivity contribution in [2.24, 2.45) is 0 Å². The van der Waals surface area contributed by atoms with Crippen LogP contribution in [-0.4, -0.2) is 21.0 Å². The fraction of sp³-hybridized carbons (Fsp3) is 0.0476. The molecular weight excluding hydrogens is 312 g/mol. The molecule has 1 aromatic heterocycles. The zero-order valence-electron chi connectivity index (χ0n) is 13.3. The standard InChI is InChI=1S/C21H14N2O2/c24-21(25)13-8-9-18-19(11-13)23-20(22-18)16-7-3-6-15-14-5-2-1-4-12(14)10-17(15)16/h1-9,11H,10H2,(H,22,23)(H,24,25). The Hall–Kier alpha value is -3.40. The van der Waals surface area contributed by atoms with Gasteiger partial charge in [-0.25, -0.2) is 9.78 Å². The Labute approximate surface area is 143 Å². The largest absolute Gasteiger partial charge is 0.478 e. The number of benzene rings is 3. The fourth-order valence-corrected chi connectivity index (χ4v) is 3.65. The number of carboxylic acids is 1. The summed E-state index contributed by atoms with van der Waals surface area (Å²) in [5.41, 5.74) is 7.96. The van der Waals surface area contributed by atoms with Crippen LogP contribution in [0.4, 0.5) is 0 Å². The van der Waals surface area contributed by atoms with Gasteiger partial charge in [-0.2, -0.15) is 0 Å². The molecule has 0 amide bonds. The minimum atomic E-state index is -0.936. The van der Waals surface area contributed by atoms with E-state index >= 15 is 0 Å². The van der Waals surface area contributed by atoms with Gasteiger partial charge in [0, 0.05) is 5.56 Å². The van der Waals surface area contributed by atoms with Gasteiger partial charge in [-0.1, -0.05) is 42.5 Å². The van der Waals surface area contributed by atoms with E-state index in [0.29, 0.717) is 0 Å². The van der Waals surface area contributed by atoms with Crippen molar-refractivity contribution < 1.29 is 9.90 Å². The summed E-state index contributed by atoms with van der Waals surface area (Å²) >= 11 is 0. The van der Waals surface area contributed by atoms with Gasteiger partial charge in [0.05, 0.1) is 16.6 Å². The number of carbonyl (C=O) groups is 1. The lowest BCUT2D eigenvalue weighted by atomic mass is 10.0. The third-order valence-corrected chi connectivity index (χ3v) is 4.83. The van der Waals surface area contributed by atoms with E-state index in [4.69, 9.17) is 5.11 Å². The van der Waals surface area contributed by atoms with E-state index in [-0.39, 0.29) is 5.56 Å². The highest BCUT2D eigenvalue weighted by atomic mass is 16.4. The lowest BCUT2D eigenvalue weighted by molar-refractivity contribution is 0.0697. The molecule has 5 rings (SSSR count). The molecule has 4 aromatic rings. The molecule has 1 heterocycles. The van der Waals surface area contributed by atoms with Gasteiger partial charge in [0.2, 0.25) is 0 Å². The molecule has 2 N–H and O–H groups in total. The van der Waals surface area contributed by atoms with Gasteiger partial charge in [0.25, 0.3) is 0 Å². The van der Waals surface area contributed by atoms with E-state index in [1.807, 2.05) is 6.07 Å². The Balaban J connectivity index is 1.68. The van der Waals surface area contributed by atoms with Crippen molar-refractivity contribution in [3.8, 4) is 22.5 Å². The van der Waals surface area contributed by atoms with Crippen LogP contribution in [0.25, 0.3) is 33.5 Å². The van der Waals surface area contributed by atoms with Crippen LogP contribution in [-0.2, 0) is 6.42 Å². The number of aromatic carboxylic acids is 1. The quantitative estimate of drug-likeness (QED) is 0.502. The highest BCUT2D eigenvalue weighted by Gasteiger charge is 2.22. The lowest BCUT2D eigenvalue weighted by Crippen LogP contribution is -1.94. The summed E-state index contributed by atoms with van der Waals surface area (Å²) in [4.78, 5) is 19.1. The molecule has 120 valence electrons. The molecule has 0 fully saturated rings. The average Bonchev–Trinajstić information content (AvgIpc) is 3.21. The highest BCUT2D eigenvalue weighted by molar-refractivity contribution is 5.93. The average molecular weight is 326 g/mol. The Morgan fingerprint density at radius 3 is 2.64 bits per heavy atom. The predicted octanol–water partition coefficient (Wildman–Crippen LogP) is 4.50. The number of nitrogens with zero attached hydrogens (tertiary/aromatic N) is 1. The van der Waals surface area contributed by atoms with Gasteiger partial charge in [-0.3, -0.25) is 0 Å². The molecule has 1 aliphatic carbocycles. The minimum absolute atomic E-state index is 0.258. The molecule has 25 heavy (non-hydrogen) atoms. The number of fused-ring (bicyclic) bond motifs is 4. The normalized spacial score (nSPS) is 12.2. The fourth-order valence-electron chi connectivity index (χ4n) is 3.65. The number of rotatable bonds is 2. The van der Waals surface area contributed by atoms with Gasteiger partial charge in [0.1, 0.15) is 5.82 Å². The minimum Gasteiger partial charge on any atom is -0.478 e. The second kappa shape index (κ2) is 5.05. The van der Waals surface area contributed by atoms with Crippen LogP contribution < -0.4 is 0 Å². The molecule has 0 radical (unpaired) electrons. The van der Waals surface area contributed by atoms with Crippen LogP contribution in [0, 0.1) is 0 Å². The van der Waals surface area contributed by atoms with Crippen molar-refractivity contribution in [2.45, 2.75) is 6.42 Å². The third kappa shape index (κ3) is 2.08. The summed E-state index contributed by atoms with van der Waals surface area (Å²) in [6, 6.07) is 19.7. The summed E-state index contributed by atoms with van der Waals surface area (Å²) in [5, 5.41) is 9.16. The number of aromatic amines is 1. The van der Waals surface area contributed by atoms with Crippen molar-refractivity contribution in [2.75, 3.05) is 0 Å². The molecule has 1 aliphatic rings. The number of hydrogen-bond donors (Lipinski definition) is 2. The van der Waals surface area contributed by atoms with Crippen LogP contribution in [0.3, 0.4) is 0 Å². The van der Waals surface area contributed by atoms with Crippen molar-refractivity contribution in [3.05, 3.63) is 77.4 Å². The number of imidazole rings is 1. The smallest absolute Gasteiger partial charge is 0.335 e. The summed E-state index contributed by atoms with van der Waals surface area (Å²) in [6.45, 7) is 0. The van der Waals surface area contributed by atoms with E-state index in [9.17, 15) is 4.79 Å². The van der Waals surface area contributed by atoms with E-state index in [2.05, 4.69) is 46.4 Å². The molecule has 0 spiro atoms. The van der Waals surface area contributed by atoms with Gasteiger partial charge >= 0.3 is 5.97 Å². The summed E-state index contributed by atoms with van der Waals surface area (Å²) in [7, 11) is 0. The number of H-pyrrole nitrogens is 1. The molecule has 0 aliphatic heterocycles. The first kappa shape index (κ1) is 14.0. The molecule has 0 atom stereocenters. The monoisotopic (exact) mass is 326 g/mol. The Morgan fingerprint density at radius 1 is 0.960 bits per heavy atom. The molecule has 0 saturated heterocycles. The van der Waals surface area contributed by atoms with E-state index in [1.165, 1.54) is 22.3 Å². The molecular formula is C21H14N2O2.